The number of nitrogens with one attached hydrogen (secondary N) is 1. The van der Waals surface area contributed by atoms with Crippen LogP contribution in [0.3, 0.4) is 0 Å². The van der Waals surface area contributed by atoms with E-state index in [2.05, 4.69) is 16.8 Å². The van der Waals surface area contributed by atoms with Crippen LogP contribution in [-0.2, 0) is 11.3 Å². The molecule has 0 saturated carbocycles. The van der Waals surface area contributed by atoms with Crippen molar-refractivity contribution in [2.24, 2.45) is 0 Å². The first-order valence-corrected chi connectivity index (χ1v) is 8.61. The van der Waals surface area contributed by atoms with Crippen LogP contribution in [0.15, 0.2) is 29.8 Å². The number of carbonyl (C=O) groups is 1. The molecule has 1 N–H and O–H groups in total. The molecule has 1 amide bonds. The molecule has 0 saturated heterocycles. The Kier molecular flexibility index (Phi) is 6.06. The molecule has 0 atom stereocenters. The monoisotopic (exact) mass is 355 g/mol. The SMILES string of the molecule is CCCn1c(C)cc(/C=C(/C#N)C(=O)Nc2cccc(Cl)c2C)c1C. The van der Waals surface area contributed by atoms with E-state index in [1.807, 2.05) is 32.9 Å². The molecule has 0 spiro atoms. The van der Waals surface area contributed by atoms with E-state index in [1.54, 1.807) is 24.3 Å². The van der Waals surface area contributed by atoms with Crippen LogP contribution < -0.4 is 5.32 Å². The largest absolute Gasteiger partial charge is 0.349 e. The molecule has 0 unspecified atom stereocenters. The first-order valence-electron chi connectivity index (χ1n) is 8.24. The fraction of sp³-hybridized carbons (Fsp3) is 0.300. The van der Waals surface area contributed by atoms with Crippen molar-refractivity contribution in [3.8, 4) is 6.07 Å². The van der Waals surface area contributed by atoms with Crippen LogP contribution in [0.5, 0.6) is 0 Å². The van der Waals surface area contributed by atoms with Crippen molar-refractivity contribution in [3.05, 3.63) is 57.4 Å². The second-order valence-electron chi connectivity index (χ2n) is 6.01. The van der Waals surface area contributed by atoms with Crippen molar-refractivity contribution in [2.75, 3.05) is 5.32 Å². The Bertz CT molecular complexity index is 872. The molecule has 0 aliphatic heterocycles. The Morgan fingerprint density at radius 1 is 1.36 bits per heavy atom. The summed E-state index contributed by atoms with van der Waals surface area (Å²) in [6.07, 6.45) is 2.67. The number of carbonyl (C=O) groups excluding carboxylic acids is 1. The molecule has 130 valence electrons. The standard InChI is InChI=1S/C20H22ClN3O/c1-5-9-24-13(2)10-16(15(24)4)11-17(12-22)20(25)23-19-8-6-7-18(21)14(19)3/h6-8,10-11H,5,9H2,1-4H3,(H,23,25)/b17-11-. The van der Waals surface area contributed by atoms with Crippen LogP contribution in [0.4, 0.5) is 5.69 Å². The van der Waals surface area contributed by atoms with Gasteiger partial charge >= 0.3 is 0 Å². The second-order valence-corrected chi connectivity index (χ2v) is 6.42. The highest BCUT2D eigenvalue weighted by atomic mass is 35.5. The second kappa shape index (κ2) is 8.04. The van der Waals surface area contributed by atoms with Crippen LogP contribution in [0.2, 0.25) is 5.02 Å². The fourth-order valence-electron chi connectivity index (χ4n) is 2.78. The van der Waals surface area contributed by atoms with Gasteiger partial charge in [0.2, 0.25) is 0 Å². The van der Waals surface area contributed by atoms with Gasteiger partial charge in [-0.05, 0) is 62.6 Å². The number of rotatable bonds is 5. The van der Waals surface area contributed by atoms with Gasteiger partial charge < -0.3 is 9.88 Å². The van der Waals surface area contributed by atoms with Crippen molar-refractivity contribution < 1.29 is 4.79 Å². The van der Waals surface area contributed by atoms with Crippen molar-refractivity contribution >= 4 is 29.3 Å². The number of halogens is 1. The predicted molar refractivity (Wildman–Crippen MR) is 103 cm³/mol. The zero-order valence-electron chi connectivity index (χ0n) is 15.0. The lowest BCUT2D eigenvalue weighted by molar-refractivity contribution is -0.112. The van der Waals surface area contributed by atoms with Gasteiger partial charge in [-0.15, -0.1) is 0 Å². The molecule has 0 fully saturated rings. The van der Waals surface area contributed by atoms with Gasteiger partial charge in [-0.1, -0.05) is 24.6 Å². The molecule has 1 aromatic heterocycles. The summed E-state index contributed by atoms with van der Waals surface area (Å²) < 4.78 is 2.19. The minimum absolute atomic E-state index is 0.0659. The number of nitriles is 1. The predicted octanol–water partition coefficient (Wildman–Crippen LogP) is 5.02. The Labute approximate surface area is 153 Å². The van der Waals surface area contributed by atoms with E-state index in [0.717, 1.165) is 35.5 Å². The van der Waals surface area contributed by atoms with Crippen LogP contribution >= 0.6 is 11.6 Å². The molecule has 1 heterocycles. The van der Waals surface area contributed by atoms with Crippen LogP contribution in [0.25, 0.3) is 6.08 Å². The lowest BCUT2D eigenvalue weighted by atomic mass is 10.1. The smallest absolute Gasteiger partial charge is 0.266 e. The summed E-state index contributed by atoms with van der Waals surface area (Å²) in [4.78, 5) is 12.5. The number of aromatic nitrogens is 1. The number of anilines is 1. The molecule has 0 aliphatic rings. The van der Waals surface area contributed by atoms with Gasteiger partial charge in [0.15, 0.2) is 0 Å². The maximum absolute atomic E-state index is 12.5. The Hall–Kier alpha value is -2.51. The molecule has 0 aliphatic carbocycles. The first kappa shape index (κ1) is 18.8. The van der Waals surface area contributed by atoms with E-state index in [1.165, 1.54) is 0 Å². The lowest BCUT2D eigenvalue weighted by Crippen LogP contribution is -2.14. The van der Waals surface area contributed by atoms with E-state index in [0.29, 0.717) is 10.7 Å². The van der Waals surface area contributed by atoms with Crippen LogP contribution in [0, 0.1) is 32.1 Å². The molecule has 0 bridgehead atoms. The summed E-state index contributed by atoms with van der Waals surface area (Å²) in [5.74, 6) is -0.437. The highest BCUT2D eigenvalue weighted by Gasteiger charge is 2.14. The van der Waals surface area contributed by atoms with E-state index in [4.69, 9.17) is 11.6 Å². The third-order valence-electron chi connectivity index (χ3n) is 4.24. The summed E-state index contributed by atoms with van der Waals surface area (Å²) in [5.41, 5.74) is 4.51. The lowest BCUT2D eigenvalue weighted by Gasteiger charge is -2.09. The summed E-state index contributed by atoms with van der Waals surface area (Å²) in [6, 6.07) is 9.29. The van der Waals surface area contributed by atoms with Crippen molar-refractivity contribution in [1.82, 2.24) is 4.57 Å². The molecule has 25 heavy (non-hydrogen) atoms. The third kappa shape index (κ3) is 4.12. The molecule has 0 radical (unpaired) electrons. The topological polar surface area (TPSA) is 57.8 Å². The summed E-state index contributed by atoms with van der Waals surface area (Å²) >= 11 is 6.08. The molecule has 2 rings (SSSR count). The van der Waals surface area contributed by atoms with Crippen LogP contribution in [0.1, 0.15) is 35.9 Å². The Balaban J connectivity index is 2.32. The molecule has 2 aromatic rings. The highest BCUT2D eigenvalue weighted by molar-refractivity contribution is 6.31. The van der Waals surface area contributed by atoms with Gasteiger partial charge in [-0.3, -0.25) is 4.79 Å². The normalized spacial score (nSPS) is 11.3. The zero-order chi connectivity index (χ0) is 18.6. The molecule has 1 aromatic carbocycles. The Morgan fingerprint density at radius 2 is 2.08 bits per heavy atom. The number of amides is 1. The highest BCUT2D eigenvalue weighted by Crippen LogP contribution is 2.24. The summed E-state index contributed by atoms with van der Waals surface area (Å²) in [5, 5.41) is 12.8. The van der Waals surface area contributed by atoms with Gasteiger partial charge in [0.1, 0.15) is 11.6 Å². The van der Waals surface area contributed by atoms with Gasteiger partial charge in [0, 0.05) is 28.6 Å². The average molecular weight is 356 g/mol. The van der Waals surface area contributed by atoms with E-state index >= 15 is 0 Å². The quantitative estimate of drug-likeness (QED) is 0.604. The molecule has 5 heteroatoms. The van der Waals surface area contributed by atoms with Crippen LogP contribution in [-0.4, -0.2) is 10.5 Å². The maximum Gasteiger partial charge on any atom is 0.266 e. The molecule has 4 nitrogen and oxygen atoms in total. The number of benzene rings is 1. The van der Waals surface area contributed by atoms with E-state index in [9.17, 15) is 10.1 Å². The van der Waals surface area contributed by atoms with Gasteiger partial charge in [0.05, 0.1) is 0 Å². The third-order valence-corrected chi connectivity index (χ3v) is 4.65. The van der Waals surface area contributed by atoms with Crippen molar-refractivity contribution in [1.29, 1.82) is 5.26 Å². The van der Waals surface area contributed by atoms with Gasteiger partial charge in [-0.25, -0.2) is 0 Å². The molecular weight excluding hydrogens is 334 g/mol. The van der Waals surface area contributed by atoms with E-state index < -0.39 is 5.91 Å². The molecular formula is C20H22ClN3O. The van der Waals surface area contributed by atoms with E-state index in [-0.39, 0.29) is 5.57 Å². The summed E-state index contributed by atoms with van der Waals surface area (Å²) in [6.45, 7) is 8.90. The van der Waals surface area contributed by atoms with Crippen molar-refractivity contribution in [3.63, 3.8) is 0 Å². The number of hydrogen-bond donors (Lipinski definition) is 1. The van der Waals surface area contributed by atoms with Crippen molar-refractivity contribution in [2.45, 2.75) is 40.7 Å². The average Bonchev–Trinajstić information content (AvgIpc) is 2.84. The van der Waals surface area contributed by atoms with Gasteiger partial charge in [-0.2, -0.15) is 5.26 Å². The van der Waals surface area contributed by atoms with Gasteiger partial charge in [0.25, 0.3) is 5.91 Å². The Morgan fingerprint density at radius 3 is 2.72 bits per heavy atom. The fourth-order valence-corrected chi connectivity index (χ4v) is 2.95. The minimum Gasteiger partial charge on any atom is -0.349 e. The maximum atomic E-state index is 12.5. The number of nitrogens with zero attached hydrogens (tertiary/aromatic N) is 2. The number of aryl methyl sites for hydroxylation is 1. The first-order chi connectivity index (χ1) is 11.9. The summed E-state index contributed by atoms with van der Waals surface area (Å²) in [7, 11) is 0. The minimum atomic E-state index is -0.437. The zero-order valence-corrected chi connectivity index (χ0v) is 15.7. The number of hydrogen-bond acceptors (Lipinski definition) is 2.